The quantitative estimate of drug-likeness (QED) is 0.726. The maximum Gasteiger partial charge on any atom is 0.255 e. The SMILES string of the molecule is Cc1cc(=O)n(-c2ccc3c(c2)OCCO3)cc1-c1cnn(C)c1. The van der Waals surface area contributed by atoms with Crippen molar-refractivity contribution in [2.24, 2.45) is 7.05 Å². The molecule has 24 heavy (non-hydrogen) atoms. The highest BCUT2D eigenvalue weighted by Crippen LogP contribution is 2.32. The fraction of sp³-hybridized carbons (Fsp3) is 0.222. The van der Waals surface area contributed by atoms with Crippen LogP contribution in [0.25, 0.3) is 16.8 Å². The fourth-order valence-corrected chi connectivity index (χ4v) is 2.87. The van der Waals surface area contributed by atoms with Gasteiger partial charge in [0, 0.05) is 42.7 Å². The Bertz CT molecular complexity index is 972. The van der Waals surface area contributed by atoms with Crippen molar-refractivity contribution in [3.63, 3.8) is 0 Å². The number of benzene rings is 1. The van der Waals surface area contributed by atoms with E-state index in [2.05, 4.69) is 5.10 Å². The summed E-state index contributed by atoms with van der Waals surface area (Å²) in [4.78, 5) is 12.5. The average Bonchev–Trinajstić information content (AvgIpc) is 3.01. The molecule has 0 amide bonds. The maximum absolute atomic E-state index is 12.5. The second kappa shape index (κ2) is 5.56. The molecule has 3 aromatic rings. The molecule has 0 saturated carbocycles. The molecular formula is C18H17N3O3. The Labute approximate surface area is 138 Å². The van der Waals surface area contributed by atoms with Crippen molar-refractivity contribution in [2.75, 3.05) is 13.2 Å². The smallest absolute Gasteiger partial charge is 0.255 e. The first-order chi connectivity index (χ1) is 11.6. The summed E-state index contributed by atoms with van der Waals surface area (Å²) in [5, 5.41) is 4.21. The third-order valence-electron chi connectivity index (χ3n) is 4.08. The lowest BCUT2D eigenvalue weighted by atomic mass is 10.1. The highest BCUT2D eigenvalue weighted by molar-refractivity contribution is 5.65. The van der Waals surface area contributed by atoms with E-state index in [9.17, 15) is 4.79 Å². The zero-order chi connectivity index (χ0) is 16.7. The van der Waals surface area contributed by atoms with Crippen LogP contribution in [-0.4, -0.2) is 27.6 Å². The summed E-state index contributed by atoms with van der Waals surface area (Å²) < 4.78 is 14.5. The standard InChI is InChI=1S/C18H17N3O3/c1-12-7-18(22)21(11-15(12)13-9-19-20(2)10-13)14-3-4-16-17(8-14)24-6-5-23-16/h3-4,7-11H,5-6H2,1-2H3. The molecule has 6 heteroatoms. The molecular weight excluding hydrogens is 306 g/mol. The van der Waals surface area contributed by atoms with Crippen LogP contribution in [0.3, 0.4) is 0 Å². The fourth-order valence-electron chi connectivity index (χ4n) is 2.87. The number of hydrogen-bond donors (Lipinski definition) is 0. The summed E-state index contributed by atoms with van der Waals surface area (Å²) in [5.41, 5.74) is 3.52. The van der Waals surface area contributed by atoms with Gasteiger partial charge < -0.3 is 9.47 Å². The number of aryl methyl sites for hydroxylation is 2. The Kier molecular flexibility index (Phi) is 3.37. The largest absolute Gasteiger partial charge is 0.486 e. The normalized spacial score (nSPS) is 13.1. The van der Waals surface area contributed by atoms with Crippen LogP contribution in [0.2, 0.25) is 0 Å². The number of nitrogens with zero attached hydrogens (tertiary/aromatic N) is 3. The third kappa shape index (κ3) is 2.46. The molecule has 4 rings (SSSR count). The Morgan fingerprint density at radius 3 is 2.62 bits per heavy atom. The molecule has 0 N–H and O–H groups in total. The Balaban J connectivity index is 1.85. The Hall–Kier alpha value is -3.02. The predicted molar refractivity (Wildman–Crippen MR) is 90.0 cm³/mol. The zero-order valence-electron chi connectivity index (χ0n) is 13.5. The number of ether oxygens (including phenoxy) is 2. The number of aromatic nitrogens is 3. The number of hydrogen-bond acceptors (Lipinski definition) is 4. The Morgan fingerprint density at radius 2 is 1.88 bits per heavy atom. The van der Waals surface area contributed by atoms with E-state index < -0.39 is 0 Å². The van der Waals surface area contributed by atoms with Crippen LogP contribution in [0.5, 0.6) is 11.5 Å². The molecule has 1 aromatic carbocycles. The first kappa shape index (κ1) is 14.6. The topological polar surface area (TPSA) is 58.3 Å². The van der Waals surface area contributed by atoms with Crippen molar-refractivity contribution in [1.82, 2.24) is 14.3 Å². The second-order valence-electron chi connectivity index (χ2n) is 5.81. The molecule has 0 unspecified atom stereocenters. The van der Waals surface area contributed by atoms with Crippen molar-refractivity contribution in [3.8, 4) is 28.3 Å². The molecule has 1 aliphatic heterocycles. The van der Waals surface area contributed by atoms with Crippen LogP contribution < -0.4 is 15.0 Å². The van der Waals surface area contributed by atoms with Gasteiger partial charge in [0.1, 0.15) is 13.2 Å². The molecule has 0 saturated heterocycles. The summed E-state index contributed by atoms with van der Waals surface area (Å²) in [7, 11) is 1.87. The van der Waals surface area contributed by atoms with Crippen molar-refractivity contribution in [2.45, 2.75) is 6.92 Å². The van der Waals surface area contributed by atoms with Gasteiger partial charge in [-0.25, -0.2) is 0 Å². The summed E-state index contributed by atoms with van der Waals surface area (Å²) in [6.45, 7) is 2.99. The van der Waals surface area contributed by atoms with E-state index in [-0.39, 0.29) is 5.56 Å². The summed E-state index contributed by atoms with van der Waals surface area (Å²) in [6.07, 6.45) is 5.57. The van der Waals surface area contributed by atoms with E-state index in [1.807, 2.05) is 44.6 Å². The highest BCUT2D eigenvalue weighted by atomic mass is 16.6. The van der Waals surface area contributed by atoms with Crippen molar-refractivity contribution in [1.29, 1.82) is 0 Å². The molecule has 1 aliphatic rings. The van der Waals surface area contributed by atoms with Crippen LogP contribution in [0.1, 0.15) is 5.56 Å². The molecule has 3 heterocycles. The van der Waals surface area contributed by atoms with Crippen molar-refractivity contribution >= 4 is 0 Å². The predicted octanol–water partition coefficient (Wildman–Crippen LogP) is 2.32. The minimum absolute atomic E-state index is 0.0863. The summed E-state index contributed by atoms with van der Waals surface area (Å²) >= 11 is 0. The van der Waals surface area contributed by atoms with Crippen molar-refractivity contribution in [3.05, 3.63) is 58.8 Å². The molecule has 0 atom stereocenters. The third-order valence-corrected chi connectivity index (χ3v) is 4.08. The van der Waals surface area contributed by atoms with E-state index >= 15 is 0 Å². The maximum atomic E-state index is 12.5. The van der Waals surface area contributed by atoms with Gasteiger partial charge in [-0.15, -0.1) is 0 Å². The van der Waals surface area contributed by atoms with E-state index in [0.717, 1.165) is 22.4 Å². The summed E-state index contributed by atoms with van der Waals surface area (Å²) in [6, 6.07) is 7.16. The van der Waals surface area contributed by atoms with Crippen LogP contribution in [0.15, 0.2) is 47.7 Å². The Morgan fingerprint density at radius 1 is 1.08 bits per heavy atom. The molecule has 6 nitrogen and oxygen atoms in total. The molecule has 0 radical (unpaired) electrons. The van der Waals surface area contributed by atoms with E-state index in [1.165, 1.54) is 0 Å². The molecule has 0 aliphatic carbocycles. The van der Waals surface area contributed by atoms with Gasteiger partial charge in [0.2, 0.25) is 0 Å². The molecule has 0 fully saturated rings. The minimum Gasteiger partial charge on any atom is -0.486 e. The van der Waals surface area contributed by atoms with E-state index in [0.29, 0.717) is 24.7 Å². The summed E-state index contributed by atoms with van der Waals surface area (Å²) in [5.74, 6) is 1.37. The van der Waals surface area contributed by atoms with Gasteiger partial charge in [-0.1, -0.05) is 0 Å². The lowest BCUT2D eigenvalue weighted by Gasteiger charge is -2.19. The van der Waals surface area contributed by atoms with Gasteiger partial charge in [-0.3, -0.25) is 14.0 Å². The zero-order valence-corrected chi connectivity index (χ0v) is 13.5. The second-order valence-corrected chi connectivity index (χ2v) is 5.81. The van der Waals surface area contributed by atoms with Crippen molar-refractivity contribution < 1.29 is 9.47 Å². The average molecular weight is 323 g/mol. The first-order valence-corrected chi connectivity index (χ1v) is 7.74. The van der Waals surface area contributed by atoms with Crippen LogP contribution >= 0.6 is 0 Å². The van der Waals surface area contributed by atoms with E-state index in [4.69, 9.17) is 9.47 Å². The highest BCUT2D eigenvalue weighted by Gasteiger charge is 2.14. The lowest BCUT2D eigenvalue weighted by molar-refractivity contribution is 0.171. The van der Waals surface area contributed by atoms with Gasteiger partial charge in [0.15, 0.2) is 11.5 Å². The lowest BCUT2D eigenvalue weighted by Crippen LogP contribution is -2.19. The number of fused-ring (bicyclic) bond motifs is 1. The minimum atomic E-state index is -0.0863. The van der Waals surface area contributed by atoms with Crippen LogP contribution in [0, 0.1) is 6.92 Å². The van der Waals surface area contributed by atoms with Crippen LogP contribution in [-0.2, 0) is 7.05 Å². The molecule has 0 bridgehead atoms. The van der Waals surface area contributed by atoms with E-state index in [1.54, 1.807) is 21.5 Å². The monoisotopic (exact) mass is 323 g/mol. The first-order valence-electron chi connectivity index (χ1n) is 7.74. The molecule has 122 valence electrons. The van der Waals surface area contributed by atoms with Gasteiger partial charge in [-0.2, -0.15) is 5.10 Å². The molecule has 2 aromatic heterocycles. The van der Waals surface area contributed by atoms with Gasteiger partial charge in [0.25, 0.3) is 5.56 Å². The molecule has 0 spiro atoms. The number of rotatable bonds is 2. The van der Waals surface area contributed by atoms with Gasteiger partial charge >= 0.3 is 0 Å². The van der Waals surface area contributed by atoms with Crippen LogP contribution in [0.4, 0.5) is 0 Å². The van der Waals surface area contributed by atoms with Gasteiger partial charge in [-0.05, 0) is 24.6 Å². The van der Waals surface area contributed by atoms with Gasteiger partial charge in [0.05, 0.1) is 11.9 Å². The number of pyridine rings is 1.